The number of ether oxygens (including phenoxy) is 1. The molecule has 2 aromatic rings. The Morgan fingerprint density at radius 3 is 1.72 bits per heavy atom. The molecule has 0 fully saturated rings. The van der Waals surface area contributed by atoms with Gasteiger partial charge in [0.05, 0.1) is 11.7 Å². The van der Waals surface area contributed by atoms with Crippen LogP contribution in [0.15, 0.2) is 77.8 Å². The van der Waals surface area contributed by atoms with Crippen LogP contribution in [0.3, 0.4) is 0 Å². The largest absolute Gasteiger partial charge is 0.606 e. The van der Waals surface area contributed by atoms with E-state index in [4.69, 9.17) is 4.74 Å². The molecule has 0 atom stereocenters. The maximum atomic E-state index is 12.3. The minimum absolute atomic E-state index is 0.394. The third kappa shape index (κ3) is 4.96. The molecule has 0 bridgehead atoms. The standard InChI is InChI=1S/C22H27NO2/c1-4-22(5-2,6-3)25-20(24)17-23-21(18-13-9-7-10-14-18)19-15-11-8-12-16-19/h7-17,24H,4-6H2,1-3H3/p-1/b20-17+. The van der Waals surface area contributed by atoms with Crippen molar-refractivity contribution in [2.24, 2.45) is 4.99 Å². The number of hydrogen-bond donors (Lipinski definition) is 0. The topological polar surface area (TPSA) is 44.6 Å². The third-order valence-electron chi connectivity index (χ3n) is 4.64. The Morgan fingerprint density at radius 2 is 1.32 bits per heavy atom. The second-order valence-electron chi connectivity index (χ2n) is 6.00. The number of hydrogen-bond acceptors (Lipinski definition) is 3. The first-order valence-corrected chi connectivity index (χ1v) is 8.89. The molecule has 3 heteroatoms. The van der Waals surface area contributed by atoms with E-state index in [1.54, 1.807) is 0 Å². The summed E-state index contributed by atoms with van der Waals surface area (Å²) in [7, 11) is 0. The van der Waals surface area contributed by atoms with E-state index in [0.29, 0.717) is 0 Å². The van der Waals surface area contributed by atoms with Gasteiger partial charge in [-0.3, -0.25) is 4.99 Å². The van der Waals surface area contributed by atoms with Crippen LogP contribution in [0.1, 0.15) is 51.2 Å². The third-order valence-corrected chi connectivity index (χ3v) is 4.64. The van der Waals surface area contributed by atoms with Crippen LogP contribution in [0, 0.1) is 0 Å². The van der Waals surface area contributed by atoms with Gasteiger partial charge in [0.25, 0.3) is 0 Å². The molecule has 0 spiro atoms. The molecule has 0 aliphatic heterocycles. The summed E-state index contributed by atoms with van der Waals surface area (Å²) in [6, 6.07) is 19.7. The zero-order valence-electron chi connectivity index (χ0n) is 15.2. The van der Waals surface area contributed by atoms with Gasteiger partial charge >= 0.3 is 0 Å². The summed E-state index contributed by atoms with van der Waals surface area (Å²) in [5.41, 5.74) is 2.28. The monoisotopic (exact) mass is 336 g/mol. The fraction of sp³-hybridized carbons (Fsp3) is 0.318. The highest BCUT2D eigenvalue weighted by molar-refractivity contribution is 6.13. The lowest BCUT2D eigenvalue weighted by Gasteiger charge is -2.39. The van der Waals surface area contributed by atoms with E-state index in [-0.39, 0.29) is 0 Å². The summed E-state index contributed by atoms with van der Waals surface area (Å²) < 4.78 is 5.71. The van der Waals surface area contributed by atoms with Crippen molar-refractivity contribution in [2.45, 2.75) is 45.6 Å². The predicted octanol–water partition coefficient (Wildman–Crippen LogP) is 4.67. The van der Waals surface area contributed by atoms with E-state index in [0.717, 1.165) is 36.1 Å². The van der Waals surface area contributed by atoms with Crippen LogP contribution in [0.4, 0.5) is 0 Å². The molecule has 2 aromatic carbocycles. The second-order valence-corrected chi connectivity index (χ2v) is 6.00. The van der Waals surface area contributed by atoms with E-state index in [1.165, 1.54) is 6.20 Å². The highest BCUT2D eigenvalue weighted by Crippen LogP contribution is 2.26. The van der Waals surface area contributed by atoms with Crippen molar-refractivity contribution < 1.29 is 9.84 Å². The van der Waals surface area contributed by atoms with Crippen molar-refractivity contribution in [1.82, 2.24) is 0 Å². The number of rotatable bonds is 8. The van der Waals surface area contributed by atoms with Gasteiger partial charge in [0, 0.05) is 22.9 Å². The molecular weight excluding hydrogens is 310 g/mol. The van der Waals surface area contributed by atoms with Crippen LogP contribution < -0.4 is 5.11 Å². The highest BCUT2D eigenvalue weighted by Gasteiger charge is 2.19. The van der Waals surface area contributed by atoms with Gasteiger partial charge in [-0.15, -0.1) is 0 Å². The highest BCUT2D eigenvalue weighted by atomic mass is 16.6. The average molecular weight is 336 g/mol. The minimum atomic E-state index is -0.400. The molecule has 0 unspecified atom stereocenters. The van der Waals surface area contributed by atoms with Crippen molar-refractivity contribution in [2.75, 3.05) is 0 Å². The van der Waals surface area contributed by atoms with Crippen LogP contribution in [-0.4, -0.2) is 11.3 Å². The number of nitrogens with zero attached hydrogens (tertiary/aromatic N) is 1. The van der Waals surface area contributed by atoms with Crippen molar-refractivity contribution >= 4 is 5.71 Å². The summed E-state index contributed by atoms with van der Waals surface area (Å²) in [5, 5.41) is 12.3. The predicted molar refractivity (Wildman–Crippen MR) is 101 cm³/mol. The Morgan fingerprint density at radius 1 is 0.880 bits per heavy atom. The van der Waals surface area contributed by atoms with Gasteiger partial charge in [0.2, 0.25) is 0 Å². The Balaban J connectivity index is 2.35. The number of benzene rings is 2. The van der Waals surface area contributed by atoms with Crippen molar-refractivity contribution in [3.8, 4) is 0 Å². The van der Waals surface area contributed by atoms with Gasteiger partial charge in [0.1, 0.15) is 0 Å². The van der Waals surface area contributed by atoms with Crippen LogP contribution in [0.25, 0.3) is 0 Å². The molecule has 0 N–H and O–H groups in total. The van der Waals surface area contributed by atoms with Crippen molar-refractivity contribution in [3.05, 3.63) is 83.9 Å². The molecule has 3 nitrogen and oxygen atoms in total. The second kappa shape index (κ2) is 9.07. The molecule has 0 heterocycles. The smallest absolute Gasteiger partial charge is 0.0774 e. The summed E-state index contributed by atoms with van der Waals surface area (Å²) in [6.07, 6.45) is 3.69. The van der Waals surface area contributed by atoms with Crippen LogP contribution in [0.5, 0.6) is 0 Å². The van der Waals surface area contributed by atoms with Crippen LogP contribution in [0.2, 0.25) is 0 Å². The lowest BCUT2D eigenvalue weighted by atomic mass is 9.94. The van der Waals surface area contributed by atoms with E-state index in [1.807, 2.05) is 81.4 Å². The van der Waals surface area contributed by atoms with Crippen LogP contribution >= 0.6 is 0 Å². The van der Waals surface area contributed by atoms with Crippen molar-refractivity contribution in [1.29, 1.82) is 0 Å². The summed E-state index contributed by atoms with van der Waals surface area (Å²) in [6.45, 7) is 6.13. The molecule has 0 saturated heterocycles. The molecule has 0 radical (unpaired) electrons. The molecule has 132 valence electrons. The first-order valence-electron chi connectivity index (χ1n) is 8.89. The minimum Gasteiger partial charge on any atom is -0.606 e. The molecule has 0 saturated carbocycles. The average Bonchev–Trinajstić information content (AvgIpc) is 2.68. The quantitative estimate of drug-likeness (QED) is 0.519. The Bertz CT molecular complexity index is 652. The fourth-order valence-corrected chi connectivity index (χ4v) is 2.83. The molecule has 2 rings (SSSR count). The summed E-state index contributed by atoms with van der Waals surface area (Å²) in [5.74, 6) is -0.394. The van der Waals surface area contributed by atoms with Gasteiger partial charge < -0.3 is 9.84 Å². The van der Waals surface area contributed by atoms with E-state index < -0.39 is 11.5 Å². The Labute approximate surface area is 150 Å². The fourth-order valence-electron chi connectivity index (χ4n) is 2.83. The molecule has 0 aromatic heterocycles. The van der Waals surface area contributed by atoms with E-state index in [9.17, 15) is 5.11 Å². The molecule has 0 aliphatic rings. The summed E-state index contributed by atoms with van der Waals surface area (Å²) >= 11 is 0. The van der Waals surface area contributed by atoms with Crippen molar-refractivity contribution in [3.63, 3.8) is 0 Å². The zero-order chi connectivity index (χ0) is 18.1. The van der Waals surface area contributed by atoms with Gasteiger partial charge in [-0.1, -0.05) is 81.4 Å². The Kier molecular flexibility index (Phi) is 6.81. The van der Waals surface area contributed by atoms with Gasteiger partial charge in [-0.25, -0.2) is 0 Å². The van der Waals surface area contributed by atoms with Gasteiger partial charge in [-0.2, -0.15) is 0 Å². The van der Waals surface area contributed by atoms with Gasteiger partial charge in [-0.05, 0) is 19.3 Å². The van der Waals surface area contributed by atoms with Gasteiger partial charge in [0.15, 0.2) is 0 Å². The van der Waals surface area contributed by atoms with Crippen LogP contribution in [-0.2, 0) is 4.74 Å². The number of aliphatic imine (C=N–C) groups is 1. The molecule has 0 aliphatic carbocycles. The zero-order valence-corrected chi connectivity index (χ0v) is 15.2. The maximum Gasteiger partial charge on any atom is 0.0774 e. The molecular formula is C22H26NO2-. The first-order chi connectivity index (χ1) is 12.1. The van der Waals surface area contributed by atoms with E-state index >= 15 is 0 Å². The Hall–Kier alpha value is -2.55. The lowest BCUT2D eigenvalue weighted by molar-refractivity contribution is -0.373. The normalized spacial score (nSPS) is 11.9. The lowest BCUT2D eigenvalue weighted by Crippen LogP contribution is -2.32. The molecule has 0 amide bonds. The SMILES string of the molecule is CCC(CC)(CC)O/C([O-])=C/N=C(c1ccccc1)c1ccccc1. The first kappa shape index (κ1) is 18.8. The molecule has 25 heavy (non-hydrogen) atoms. The maximum absolute atomic E-state index is 12.3. The van der Waals surface area contributed by atoms with E-state index in [2.05, 4.69) is 4.99 Å². The summed E-state index contributed by atoms with van der Waals surface area (Å²) in [4.78, 5) is 4.47.